The van der Waals surface area contributed by atoms with Crippen molar-refractivity contribution in [2.45, 2.75) is 0 Å². The van der Waals surface area contributed by atoms with Crippen molar-refractivity contribution in [3.05, 3.63) is 158 Å². The minimum atomic E-state index is -0.397. The van der Waals surface area contributed by atoms with E-state index in [0.29, 0.717) is 5.56 Å². The average Bonchev–Trinajstić information content (AvgIpc) is 3.52. The van der Waals surface area contributed by atoms with Crippen molar-refractivity contribution >= 4 is 54.3 Å². The molecule has 43 heavy (non-hydrogen) atoms. The van der Waals surface area contributed by atoms with Crippen molar-refractivity contribution < 1.29 is 11.3 Å². The summed E-state index contributed by atoms with van der Waals surface area (Å²) < 4.78 is 48.7. The normalized spacial score (nSPS) is 13.3. The molecule has 0 unspecified atom stereocenters. The second kappa shape index (κ2) is 9.44. The molecular formula is C42H26O. The molecule has 0 fully saturated rings. The zero-order chi connectivity index (χ0) is 32.7. The number of para-hydroxylation sites is 2. The summed E-state index contributed by atoms with van der Waals surface area (Å²) in [6.07, 6.45) is 0. The van der Waals surface area contributed by atoms with E-state index in [9.17, 15) is 0 Å². The van der Waals surface area contributed by atoms with Crippen LogP contribution in [0.4, 0.5) is 0 Å². The fourth-order valence-electron chi connectivity index (χ4n) is 6.77. The molecule has 0 bridgehead atoms. The summed E-state index contributed by atoms with van der Waals surface area (Å²) in [5.41, 5.74) is 6.73. The molecule has 8 aromatic carbocycles. The van der Waals surface area contributed by atoms with Gasteiger partial charge in [0.15, 0.2) is 0 Å². The Morgan fingerprint density at radius 2 is 0.860 bits per heavy atom. The third-order valence-corrected chi connectivity index (χ3v) is 8.57. The topological polar surface area (TPSA) is 13.1 Å². The maximum absolute atomic E-state index is 8.70. The second-order valence-electron chi connectivity index (χ2n) is 10.8. The highest BCUT2D eigenvalue weighted by Gasteiger charge is 2.21. The first-order chi connectivity index (χ1) is 23.4. The van der Waals surface area contributed by atoms with Crippen LogP contribution in [0.15, 0.2) is 162 Å². The van der Waals surface area contributed by atoms with Crippen LogP contribution >= 0.6 is 0 Å². The van der Waals surface area contributed by atoms with Gasteiger partial charge in [-0.1, -0.05) is 152 Å². The van der Waals surface area contributed by atoms with Crippen LogP contribution in [0.3, 0.4) is 0 Å². The first-order valence-corrected chi connectivity index (χ1v) is 14.4. The smallest absolute Gasteiger partial charge is 0.143 e. The van der Waals surface area contributed by atoms with Crippen LogP contribution in [0.2, 0.25) is 0 Å². The SMILES string of the molecule is [2H]c1c([2H])c([2H])c(-c2ccc(-c3c4ccccc4c(-c4cccc5c4oc4ccccc45)c4ccccc34)c3ccccc23)c([2H])c1[2H]. The number of hydrogen-bond acceptors (Lipinski definition) is 1. The highest BCUT2D eigenvalue weighted by molar-refractivity contribution is 6.26. The van der Waals surface area contributed by atoms with E-state index in [1.807, 2.05) is 48.5 Å². The van der Waals surface area contributed by atoms with E-state index in [-0.39, 0.29) is 29.7 Å². The van der Waals surface area contributed by atoms with Gasteiger partial charge in [0.05, 0.1) is 6.85 Å². The van der Waals surface area contributed by atoms with Gasteiger partial charge < -0.3 is 4.42 Å². The molecule has 0 saturated carbocycles. The van der Waals surface area contributed by atoms with E-state index in [0.717, 1.165) is 76.5 Å². The van der Waals surface area contributed by atoms with Crippen molar-refractivity contribution in [3.8, 4) is 33.4 Å². The Labute approximate surface area is 256 Å². The molecule has 1 heteroatoms. The fraction of sp³-hybridized carbons (Fsp3) is 0. The third kappa shape index (κ3) is 3.58. The lowest BCUT2D eigenvalue weighted by atomic mass is 9.83. The minimum absolute atomic E-state index is 0.202. The molecule has 0 aliphatic carbocycles. The molecule has 0 aliphatic heterocycles. The van der Waals surface area contributed by atoms with E-state index in [4.69, 9.17) is 11.3 Å². The van der Waals surface area contributed by atoms with E-state index < -0.39 is 6.04 Å². The molecule has 0 amide bonds. The van der Waals surface area contributed by atoms with Crippen LogP contribution in [0.1, 0.15) is 6.85 Å². The summed E-state index contributed by atoms with van der Waals surface area (Å²) in [5.74, 6) is 0. The Morgan fingerprint density at radius 3 is 1.51 bits per heavy atom. The molecule has 0 aliphatic rings. The minimum Gasteiger partial charge on any atom is -0.455 e. The zero-order valence-corrected chi connectivity index (χ0v) is 23.0. The predicted molar refractivity (Wildman–Crippen MR) is 183 cm³/mol. The average molecular weight is 552 g/mol. The Balaban J connectivity index is 1.39. The van der Waals surface area contributed by atoms with Gasteiger partial charge in [0.25, 0.3) is 0 Å². The molecule has 0 atom stereocenters. The molecule has 0 radical (unpaired) electrons. The highest BCUT2D eigenvalue weighted by atomic mass is 16.3. The van der Waals surface area contributed by atoms with E-state index in [2.05, 4.69) is 78.9 Å². The van der Waals surface area contributed by atoms with Crippen molar-refractivity contribution in [1.82, 2.24) is 0 Å². The maximum atomic E-state index is 8.70. The first-order valence-electron chi connectivity index (χ1n) is 16.9. The summed E-state index contributed by atoms with van der Waals surface area (Å²) in [7, 11) is 0. The standard InChI is InChI=1S/C42H26O/c1-2-13-27(14-3-1)28-25-26-36(30-16-5-4-15-29(28)30)40-32-18-6-8-20-34(32)41(35-21-9-7-19-33(35)40)38-23-12-22-37-31-17-10-11-24-39(31)43-42(37)38/h1-26H/i1D,2D,3D,13D,14D. The quantitative estimate of drug-likeness (QED) is 0.199. The number of furan rings is 1. The second-order valence-corrected chi connectivity index (χ2v) is 10.8. The summed E-state index contributed by atoms with van der Waals surface area (Å²) in [6, 6.07) is 41.8. The number of fused-ring (bicyclic) bond motifs is 6. The summed E-state index contributed by atoms with van der Waals surface area (Å²) in [5, 5.41) is 8.28. The van der Waals surface area contributed by atoms with Crippen molar-refractivity contribution in [1.29, 1.82) is 0 Å². The summed E-state index contributed by atoms with van der Waals surface area (Å²) in [4.78, 5) is 0. The maximum Gasteiger partial charge on any atom is 0.143 e. The lowest BCUT2D eigenvalue weighted by molar-refractivity contribution is 0.670. The molecule has 0 spiro atoms. The molecule has 0 N–H and O–H groups in total. The third-order valence-electron chi connectivity index (χ3n) is 8.57. The first kappa shape index (κ1) is 19.5. The zero-order valence-electron chi connectivity index (χ0n) is 28.0. The predicted octanol–water partition coefficient (Wildman–Crippen LogP) is 12.0. The fourth-order valence-corrected chi connectivity index (χ4v) is 6.77. The molecule has 1 nitrogen and oxygen atoms in total. The van der Waals surface area contributed by atoms with Gasteiger partial charge >= 0.3 is 0 Å². The van der Waals surface area contributed by atoms with Crippen LogP contribution in [0.5, 0.6) is 0 Å². The largest absolute Gasteiger partial charge is 0.455 e. The van der Waals surface area contributed by atoms with Gasteiger partial charge in [-0.3, -0.25) is 0 Å². The van der Waals surface area contributed by atoms with E-state index in [1.54, 1.807) is 0 Å². The van der Waals surface area contributed by atoms with Gasteiger partial charge in [-0.05, 0) is 60.6 Å². The Hall–Kier alpha value is -5.66. The van der Waals surface area contributed by atoms with Crippen LogP contribution in [-0.2, 0) is 0 Å². The Bertz CT molecular complexity index is 2710. The highest BCUT2D eigenvalue weighted by Crippen LogP contribution is 2.48. The summed E-state index contributed by atoms with van der Waals surface area (Å²) in [6.45, 7) is 0. The van der Waals surface area contributed by atoms with Gasteiger partial charge in [0, 0.05) is 21.9 Å². The van der Waals surface area contributed by atoms with E-state index in [1.165, 1.54) is 0 Å². The summed E-state index contributed by atoms with van der Waals surface area (Å²) >= 11 is 0. The van der Waals surface area contributed by atoms with Crippen LogP contribution in [-0.4, -0.2) is 0 Å². The van der Waals surface area contributed by atoms with Crippen LogP contribution in [0.25, 0.3) is 87.6 Å². The Kier molecular flexibility index (Phi) is 4.27. The van der Waals surface area contributed by atoms with Gasteiger partial charge in [-0.2, -0.15) is 0 Å². The molecule has 200 valence electrons. The van der Waals surface area contributed by atoms with Gasteiger partial charge in [-0.25, -0.2) is 0 Å². The van der Waals surface area contributed by atoms with E-state index >= 15 is 0 Å². The van der Waals surface area contributed by atoms with Gasteiger partial charge in [-0.15, -0.1) is 0 Å². The van der Waals surface area contributed by atoms with Crippen LogP contribution < -0.4 is 0 Å². The molecular weight excluding hydrogens is 520 g/mol. The molecule has 1 heterocycles. The Morgan fingerprint density at radius 1 is 0.372 bits per heavy atom. The molecule has 0 saturated heterocycles. The molecule has 9 rings (SSSR count). The number of benzene rings is 8. The van der Waals surface area contributed by atoms with Crippen molar-refractivity contribution in [3.63, 3.8) is 0 Å². The lowest BCUT2D eigenvalue weighted by Crippen LogP contribution is -1.92. The van der Waals surface area contributed by atoms with Crippen molar-refractivity contribution in [2.24, 2.45) is 0 Å². The number of rotatable bonds is 3. The monoisotopic (exact) mass is 551 g/mol. The molecule has 9 aromatic rings. The van der Waals surface area contributed by atoms with Crippen molar-refractivity contribution in [2.75, 3.05) is 0 Å². The molecule has 1 aromatic heterocycles. The van der Waals surface area contributed by atoms with Gasteiger partial charge in [0.2, 0.25) is 0 Å². The van der Waals surface area contributed by atoms with Gasteiger partial charge in [0.1, 0.15) is 11.2 Å². The number of hydrogen-bond donors (Lipinski definition) is 0. The van der Waals surface area contributed by atoms with Crippen LogP contribution in [0, 0.1) is 0 Å². The lowest BCUT2D eigenvalue weighted by Gasteiger charge is -2.19.